The normalized spacial score (nSPS) is 19.4. The summed E-state index contributed by atoms with van der Waals surface area (Å²) < 4.78 is 12.7. The second-order valence-corrected chi connectivity index (χ2v) is 10.7. The van der Waals surface area contributed by atoms with Gasteiger partial charge in [-0.05, 0) is 79.7 Å². The number of halogens is 1. The number of carboxylic acid groups (broad SMARTS) is 1. The van der Waals surface area contributed by atoms with E-state index < -0.39 is 5.97 Å². The smallest absolute Gasteiger partial charge is 0.306 e. The number of aliphatic carboxylic acids is 1. The largest absolute Gasteiger partial charge is 0.488 e. The topological polar surface area (TPSA) is 87.7 Å². The minimum atomic E-state index is -0.674. The van der Waals surface area contributed by atoms with Crippen molar-refractivity contribution in [3.05, 3.63) is 58.3 Å². The highest BCUT2D eigenvalue weighted by atomic mass is 35.5. The van der Waals surface area contributed by atoms with E-state index in [0.717, 1.165) is 59.6 Å². The number of ether oxygens (including phenoxy) is 2. The standard InChI is InChI=1S/C28H30ClN3O4/c29-27-23-13-21(4-6-24(23)30-31-27)26(12-17-1-2-17)36-22-5-3-20-11-18(16-35-25(20)14-22)15-32-9-7-19(8-10-32)28(33)34/h3-6,11,13-14,17,19,26H,1-2,7-10,12,15-16H2,(H,30,31)(H,33,34). The summed E-state index contributed by atoms with van der Waals surface area (Å²) in [6, 6.07) is 12.2. The van der Waals surface area contributed by atoms with Crippen LogP contribution in [0.4, 0.5) is 0 Å². The molecule has 7 nitrogen and oxygen atoms in total. The number of benzene rings is 2. The predicted octanol–water partition coefficient (Wildman–Crippen LogP) is 5.71. The van der Waals surface area contributed by atoms with Gasteiger partial charge in [-0.1, -0.05) is 30.5 Å². The van der Waals surface area contributed by atoms with Crippen molar-refractivity contribution in [2.45, 2.75) is 38.2 Å². The van der Waals surface area contributed by atoms with Gasteiger partial charge >= 0.3 is 5.97 Å². The third-order valence-corrected chi connectivity index (χ3v) is 7.84. The van der Waals surface area contributed by atoms with Crippen LogP contribution in [0.2, 0.25) is 5.15 Å². The number of fused-ring (bicyclic) bond motifs is 2. The van der Waals surface area contributed by atoms with Gasteiger partial charge in [0, 0.05) is 23.6 Å². The number of hydrogen-bond donors (Lipinski definition) is 2. The summed E-state index contributed by atoms with van der Waals surface area (Å²) in [6.45, 7) is 2.97. The Morgan fingerprint density at radius 1 is 1.19 bits per heavy atom. The zero-order chi connectivity index (χ0) is 24.6. The van der Waals surface area contributed by atoms with Gasteiger partial charge < -0.3 is 14.6 Å². The van der Waals surface area contributed by atoms with Crippen molar-refractivity contribution < 1.29 is 19.4 Å². The van der Waals surface area contributed by atoms with Crippen molar-refractivity contribution in [2.24, 2.45) is 11.8 Å². The van der Waals surface area contributed by atoms with Gasteiger partial charge in [0.2, 0.25) is 0 Å². The van der Waals surface area contributed by atoms with Crippen LogP contribution in [0.5, 0.6) is 11.5 Å². The molecule has 3 aliphatic rings. The van der Waals surface area contributed by atoms with Gasteiger partial charge in [0.25, 0.3) is 0 Å². The van der Waals surface area contributed by atoms with Crippen LogP contribution in [0.15, 0.2) is 42.0 Å². The molecule has 8 heteroatoms. The summed E-state index contributed by atoms with van der Waals surface area (Å²) in [5, 5.41) is 17.8. The average molecular weight is 508 g/mol. The second kappa shape index (κ2) is 9.79. The lowest BCUT2D eigenvalue weighted by molar-refractivity contribution is -0.143. The van der Waals surface area contributed by atoms with E-state index in [2.05, 4.69) is 39.4 Å². The van der Waals surface area contributed by atoms with Crippen molar-refractivity contribution in [2.75, 3.05) is 26.2 Å². The SMILES string of the molecule is O=C(O)C1CCN(CC2=Cc3ccc(OC(CC4CC4)c4ccc5n[nH]c(Cl)c5c4)cc3OC2)CC1. The number of carboxylic acids is 1. The Labute approximate surface area is 215 Å². The average Bonchev–Trinajstić information content (AvgIpc) is 3.64. The third kappa shape index (κ3) is 5.08. The molecule has 1 saturated heterocycles. The first-order chi connectivity index (χ1) is 17.5. The summed E-state index contributed by atoms with van der Waals surface area (Å²) in [5.41, 5.74) is 4.21. The van der Waals surface area contributed by atoms with Gasteiger partial charge in [-0.3, -0.25) is 14.8 Å². The third-order valence-electron chi connectivity index (χ3n) is 7.55. The molecule has 1 saturated carbocycles. The number of likely N-dealkylation sites (tertiary alicyclic amines) is 1. The monoisotopic (exact) mass is 507 g/mol. The van der Waals surface area contributed by atoms with E-state index in [0.29, 0.717) is 30.5 Å². The molecule has 188 valence electrons. The predicted molar refractivity (Wildman–Crippen MR) is 139 cm³/mol. The number of carbonyl (C=O) groups is 1. The van der Waals surface area contributed by atoms with E-state index >= 15 is 0 Å². The molecule has 6 rings (SSSR count). The molecule has 2 aromatic carbocycles. The van der Waals surface area contributed by atoms with Crippen molar-refractivity contribution in [3.63, 3.8) is 0 Å². The van der Waals surface area contributed by atoms with Crippen LogP contribution < -0.4 is 9.47 Å². The molecule has 1 atom stereocenters. The first kappa shape index (κ1) is 23.4. The number of aromatic nitrogens is 2. The van der Waals surface area contributed by atoms with Crippen molar-refractivity contribution >= 4 is 34.5 Å². The van der Waals surface area contributed by atoms with Crippen molar-refractivity contribution in [1.82, 2.24) is 15.1 Å². The number of nitrogens with zero attached hydrogens (tertiary/aromatic N) is 2. The Balaban J connectivity index is 1.15. The highest BCUT2D eigenvalue weighted by Crippen LogP contribution is 2.41. The molecule has 0 spiro atoms. The van der Waals surface area contributed by atoms with Gasteiger partial charge in [0.05, 0.1) is 11.4 Å². The second-order valence-electron chi connectivity index (χ2n) is 10.3. The lowest BCUT2D eigenvalue weighted by Crippen LogP contribution is -2.38. The quantitative estimate of drug-likeness (QED) is 0.406. The molecule has 1 aliphatic carbocycles. The molecule has 1 aromatic heterocycles. The van der Waals surface area contributed by atoms with Gasteiger partial charge in [0.15, 0.2) is 0 Å². The van der Waals surface area contributed by atoms with Crippen LogP contribution >= 0.6 is 11.6 Å². The number of aromatic amines is 1. The fourth-order valence-corrected chi connectivity index (χ4v) is 5.44. The number of H-pyrrole nitrogens is 1. The molecular weight excluding hydrogens is 478 g/mol. The summed E-state index contributed by atoms with van der Waals surface area (Å²) in [4.78, 5) is 13.5. The Hall–Kier alpha value is -3.03. The number of piperidine rings is 1. The minimum Gasteiger partial charge on any atom is -0.488 e. The molecule has 2 aliphatic heterocycles. The van der Waals surface area contributed by atoms with Crippen LogP contribution in [-0.4, -0.2) is 52.4 Å². The summed E-state index contributed by atoms with van der Waals surface area (Å²) in [5.74, 6) is 1.45. The molecule has 1 unspecified atom stereocenters. The maximum Gasteiger partial charge on any atom is 0.306 e. The summed E-state index contributed by atoms with van der Waals surface area (Å²) in [6.07, 6.45) is 7.04. The fraction of sp³-hybridized carbons (Fsp3) is 0.429. The first-order valence-electron chi connectivity index (χ1n) is 12.7. The Bertz CT molecular complexity index is 1310. The minimum absolute atomic E-state index is 0.0608. The molecule has 0 bridgehead atoms. The lowest BCUT2D eigenvalue weighted by atomic mass is 9.96. The maximum atomic E-state index is 11.2. The van der Waals surface area contributed by atoms with Crippen LogP contribution in [0.3, 0.4) is 0 Å². The van der Waals surface area contributed by atoms with E-state index in [4.69, 9.17) is 21.1 Å². The summed E-state index contributed by atoms with van der Waals surface area (Å²) in [7, 11) is 0. The number of nitrogens with one attached hydrogen (secondary N) is 1. The van der Waals surface area contributed by atoms with Crippen LogP contribution in [-0.2, 0) is 4.79 Å². The fourth-order valence-electron chi connectivity index (χ4n) is 5.25. The Morgan fingerprint density at radius 3 is 2.81 bits per heavy atom. The van der Waals surface area contributed by atoms with Gasteiger partial charge in [0.1, 0.15) is 29.4 Å². The molecule has 3 aromatic rings. The number of hydrogen-bond acceptors (Lipinski definition) is 5. The highest BCUT2D eigenvalue weighted by Gasteiger charge is 2.29. The van der Waals surface area contributed by atoms with E-state index in [1.807, 2.05) is 18.2 Å². The van der Waals surface area contributed by atoms with Crippen molar-refractivity contribution in [3.8, 4) is 11.5 Å². The molecule has 3 heterocycles. The lowest BCUT2D eigenvalue weighted by Gasteiger charge is -2.31. The van der Waals surface area contributed by atoms with Gasteiger partial charge in [-0.2, -0.15) is 5.10 Å². The van der Waals surface area contributed by atoms with Gasteiger partial charge in [-0.15, -0.1) is 0 Å². The molecule has 0 radical (unpaired) electrons. The van der Waals surface area contributed by atoms with Crippen LogP contribution in [0, 0.1) is 11.8 Å². The zero-order valence-corrected chi connectivity index (χ0v) is 20.8. The van der Waals surface area contributed by atoms with Gasteiger partial charge in [-0.25, -0.2) is 0 Å². The highest BCUT2D eigenvalue weighted by molar-refractivity contribution is 6.34. The number of rotatable bonds is 8. The maximum absolute atomic E-state index is 11.2. The molecule has 2 fully saturated rings. The van der Waals surface area contributed by atoms with E-state index in [1.54, 1.807) is 0 Å². The first-order valence-corrected chi connectivity index (χ1v) is 13.1. The van der Waals surface area contributed by atoms with Crippen molar-refractivity contribution in [1.29, 1.82) is 0 Å². The molecule has 0 amide bonds. The molecular formula is C28H30ClN3O4. The Kier molecular flexibility index (Phi) is 6.36. The van der Waals surface area contributed by atoms with Crippen LogP contribution in [0.25, 0.3) is 17.0 Å². The zero-order valence-electron chi connectivity index (χ0n) is 20.1. The van der Waals surface area contributed by atoms with E-state index in [-0.39, 0.29) is 12.0 Å². The molecule has 36 heavy (non-hydrogen) atoms. The van der Waals surface area contributed by atoms with E-state index in [1.165, 1.54) is 18.4 Å². The molecule has 2 N–H and O–H groups in total. The van der Waals surface area contributed by atoms with E-state index in [9.17, 15) is 9.90 Å². The Morgan fingerprint density at radius 2 is 2.03 bits per heavy atom. The van der Waals surface area contributed by atoms with Crippen LogP contribution in [0.1, 0.15) is 49.3 Å². The summed E-state index contributed by atoms with van der Waals surface area (Å²) >= 11 is 6.29.